The summed E-state index contributed by atoms with van der Waals surface area (Å²) in [5.41, 5.74) is 2.39. The maximum Gasteiger partial charge on any atom is 0.340 e. The zero-order chi connectivity index (χ0) is 17.3. The molecule has 128 valence electrons. The van der Waals surface area contributed by atoms with Gasteiger partial charge in [-0.15, -0.1) is 11.3 Å². The molecule has 0 aliphatic heterocycles. The second kappa shape index (κ2) is 6.81. The number of hydrogen-bond acceptors (Lipinski definition) is 4. The van der Waals surface area contributed by atoms with Gasteiger partial charge in [-0.1, -0.05) is 6.07 Å². The van der Waals surface area contributed by atoms with Gasteiger partial charge in [0, 0.05) is 22.3 Å². The Labute approximate surface area is 145 Å². The van der Waals surface area contributed by atoms with Gasteiger partial charge in [0.1, 0.15) is 0 Å². The van der Waals surface area contributed by atoms with E-state index < -0.39 is 12.1 Å². The third-order valence-electron chi connectivity index (χ3n) is 4.26. The quantitative estimate of drug-likeness (QED) is 0.818. The number of esters is 1. The van der Waals surface area contributed by atoms with Crippen LogP contribution < -0.4 is 5.32 Å². The van der Waals surface area contributed by atoms with E-state index in [4.69, 9.17) is 4.74 Å². The number of amides is 1. The van der Waals surface area contributed by atoms with E-state index in [1.807, 2.05) is 31.4 Å². The Morgan fingerprint density at radius 3 is 2.79 bits per heavy atom. The number of rotatable bonds is 6. The van der Waals surface area contributed by atoms with Gasteiger partial charge < -0.3 is 14.6 Å². The molecular formula is C18H22N2O3S. The van der Waals surface area contributed by atoms with Crippen LogP contribution in [0, 0.1) is 13.8 Å². The molecule has 1 fully saturated rings. The van der Waals surface area contributed by atoms with Crippen LogP contribution in [0.25, 0.3) is 0 Å². The monoisotopic (exact) mass is 346 g/mol. The number of ether oxygens (including phenoxy) is 1. The minimum atomic E-state index is -0.779. The van der Waals surface area contributed by atoms with Gasteiger partial charge in [0.25, 0.3) is 5.91 Å². The summed E-state index contributed by atoms with van der Waals surface area (Å²) in [6.45, 7) is 6.23. The van der Waals surface area contributed by atoms with Crippen LogP contribution in [0.4, 0.5) is 0 Å². The van der Waals surface area contributed by atoms with E-state index >= 15 is 0 Å². The zero-order valence-corrected chi connectivity index (χ0v) is 15.0. The van der Waals surface area contributed by atoms with Crippen LogP contribution in [0.15, 0.2) is 23.6 Å². The Morgan fingerprint density at radius 2 is 2.17 bits per heavy atom. The predicted octanol–water partition coefficient (Wildman–Crippen LogP) is 3.04. The lowest BCUT2D eigenvalue weighted by molar-refractivity contribution is -0.129. The number of carbonyl (C=O) groups is 2. The van der Waals surface area contributed by atoms with E-state index in [2.05, 4.69) is 16.0 Å². The largest absolute Gasteiger partial charge is 0.449 e. The normalized spacial score (nSPS) is 15.1. The molecular weight excluding hydrogens is 324 g/mol. The van der Waals surface area contributed by atoms with E-state index in [1.54, 1.807) is 18.3 Å². The minimum Gasteiger partial charge on any atom is -0.449 e. The molecule has 1 saturated carbocycles. The van der Waals surface area contributed by atoms with Crippen LogP contribution >= 0.6 is 11.3 Å². The summed E-state index contributed by atoms with van der Waals surface area (Å²) in [7, 11) is 0. The fraction of sp³-hybridized carbons (Fsp3) is 0.444. The summed E-state index contributed by atoms with van der Waals surface area (Å²) in [4.78, 5) is 25.6. The first-order chi connectivity index (χ1) is 11.5. The highest BCUT2D eigenvalue weighted by molar-refractivity contribution is 7.09. The van der Waals surface area contributed by atoms with Crippen molar-refractivity contribution >= 4 is 23.2 Å². The lowest BCUT2D eigenvalue weighted by Crippen LogP contribution is -2.37. The lowest BCUT2D eigenvalue weighted by atomic mass is 10.2. The molecule has 1 aliphatic rings. The average molecular weight is 346 g/mol. The van der Waals surface area contributed by atoms with Crippen molar-refractivity contribution in [2.45, 2.75) is 52.3 Å². The van der Waals surface area contributed by atoms with Crippen LogP contribution in [0.5, 0.6) is 0 Å². The molecule has 2 aromatic heterocycles. The third-order valence-corrected chi connectivity index (χ3v) is 5.13. The highest BCUT2D eigenvalue weighted by atomic mass is 32.1. The maximum absolute atomic E-state index is 12.4. The van der Waals surface area contributed by atoms with Crippen LogP contribution in [-0.2, 0) is 16.1 Å². The molecule has 0 unspecified atom stereocenters. The molecule has 2 aromatic rings. The standard InChI is InChI=1S/C18H22N2O3S/c1-11-9-16(12(2)20(11)10-15-5-4-8-24-15)18(22)23-13(3)17(21)19-14-6-7-14/h4-5,8-9,13-14H,6-7,10H2,1-3H3,(H,19,21)/t13-/m1/s1. The molecule has 3 rings (SSSR count). The van der Waals surface area contributed by atoms with E-state index in [9.17, 15) is 9.59 Å². The summed E-state index contributed by atoms with van der Waals surface area (Å²) < 4.78 is 7.44. The van der Waals surface area contributed by atoms with Gasteiger partial charge in [0.15, 0.2) is 6.10 Å². The maximum atomic E-state index is 12.4. The van der Waals surface area contributed by atoms with Crippen molar-refractivity contribution in [1.82, 2.24) is 9.88 Å². The first-order valence-corrected chi connectivity index (χ1v) is 9.04. The van der Waals surface area contributed by atoms with E-state index in [0.29, 0.717) is 5.56 Å². The molecule has 0 aromatic carbocycles. The number of thiophene rings is 1. The second-order valence-electron chi connectivity index (χ2n) is 6.28. The summed E-state index contributed by atoms with van der Waals surface area (Å²) in [6.07, 6.45) is 1.24. The highest BCUT2D eigenvalue weighted by Crippen LogP contribution is 2.21. The van der Waals surface area contributed by atoms with Gasteiger partial charge in [-0.2, -0.15) is 0 Å². The van der Waals surface area contributed by atoms with Crippen LogP contribution in [0.3, 0.4) is 0 Å². The van der Waals surface area contributed by atoms with Gasteiger partial charge >= 0.3 is 5.97 Å². The number of carbonyl (C=O) groups excluding carboxylic acids is 2. The van der Waals surface area contributed by atoms with Gasteiger partial charge in [0.05, 0.1) is 12.1 Å². The minimum absolute atomic E-state index is 0.224. The summed E-state index contributed by atoms with van der Waals surface area (Å²) in [6, 6.07) is 6.18. The summed E-state index contributed by atoms with van der Waals surface area (Å²) in [5, 5.41) is 4.89. The van der Waals surface area contributed by atoms with Crippen molar-refractivity contribution in [2.75, 3.05) is 0 Å². The van der Waals surface area contributed by atoms with Crippen molar-refractivity contribution in [3.05, 3.63) is 45.4 Å². The molecule has 24 heavy (non-hydrogen) atoms. The Kier molecular flexibility index (Phi) is 4.76. The summed E-state index contributed by atoms with van der Waals surface area (Å²) >= 11 is 1.69. The Balaban J connectivity index is 1.69. The molecule has 0 saturated heterocycles. The van der Waals surface area contributed by atoms with Crippen molar-refractivity contribution in [3.8, 4) is 0 Å². The van der Waals surface area contributed by atoms with Crippen LogP contribution in [0.2, 0.25) is 0 Å². The molecule has 6 heteroatoms. The van der Waals surface area contributed by atoms with E-state index in [-0.39, 0.29) is 11.9 Å². The van der Waals surface area contributed by atoms with Gasteiger partial charge in [-0.3, -0.25) is 4.79 Å². The molecule has 2 heterocycles. The average Bonchev–Trinajstić information content (AvgIpc) is 3.11. The smallest absolute Gasteiger partial charge is 0.340 e. The summed E-state index contributed by atoms with van der Waals surface area (Å²) in [5.74, 6) is -0.669. The van der Waals surface area contributed by atoms with Crippen LogP contribution in [0.1, 0.15) is 46.4 Å². The highest BCUT2D eigenvalue weighted by Gasteiger charge is 2.28. The van der Waals surface area contributed by atoms with Crippen molar-refractivity contribution in [2.24, 2.45) is 0 Å². The van der Waals surface area contributed by atoms with Gasteiger partial charge in [-0.05, 0) is 51.1 Å². The van der Waals surface area contributed by atoms with Gasteiger partial charge in [0.2, 0.25) is 0 Å². The predicted molar refractivity (Wildman–Crippen MR) is 93.4 cm³/mol. The SMILES string of the molecule is Cc1cc(C(=O)O[C@H](C)C(=O)NC2CC2)c(C)n1Cc1cccs1. The molecule has 1 atom stereocenters. The number of aromatic nitrogens is 1. The Bertz CT molecular complexity index is 745. The topological polar surface area (TPSA) is 60.3 Å². The van der Waals surface area contributed by atoms with Crippen molar-refractivity contribution in [3.63, 3.8) is 0 Å². The van der Waals surface area contributed by atoms with E-state index in [0.717, 1.165) is 30.8 Å². The fourth-order valence-electron chi connectivity index (χ4n) is 2.63. The molecule has 1 N–H and O–H groups in total. The first kappa shape index (κ1) is 16.8. The number of aryl methyl sites for hydroxylation is 1. The van der Waals surface area contributed by atoms with Crippen molar-refractivity contribution in [1.29, 1.82) is 0 Å². The molecule has 0 radical (unpaired) electrons. The van der Waals surface area contributed by atoms with E-state index in [1.165, 1.54) is 4.88 Å². The second-order valence-corrected chi connectivity index (χ2v) is 7.31. The van der Waals surface area contributed by atoms with Crippen molar-refractivity contribution < 1.29 is 14.3 Å². The third kappa shape index (κ3) is 3.70. The Hall–Kier alpha value is -2.08. The molecule has 5 nitrogen and oxygen atoms in total. The van der Waals surface area contributed by atoms with Crippen LogP contribution in [-0.4, -0.2) is 28.6 Å². The molecule has 1 amide bonds. The zero-order valence-electron chi connectivity index (χ0n) is 14.2. The molecule has 0 spiro atoms. The Morgan fingerprint density at radius 1 is 1.42 bits per heavy atom. The van der Waals surface area contributed by atoms with Gasteiger partial charge in [-0.25, -0.2) is 4.79 Å². The molecule has 1 aliphatic carbocycles. The fourth-order valence-corrected chi connectivity index (χ4v) is 3.33. The number of hydrogen-bond donors (Lipinski definition) is 1. The number of nitrogens with one attached hydrogen (secondary N) is 1. The first-order valence-electron chi connectivity index (χ1n) is 8.16. The molecule has 0 bridgehead atoms. The number of nitrogens with zero attached hydrogens (tertiary/aromatic N) is 1. The lowest BCUT2D eigenvalue weighted by Gasteiger charge is -2.13.